The Morgan fingerprint density at radius 2 is 2.62 bits per heavy atom. The summed E-state index contributed by atoms with van der Waals surface area (Å²) >= 11 is 0. The minimum absolute atomic E-state index is 0.167. The van der Waals surface area contributed by atoms with Crippen LogP contribution in [0.25, 0.3) is 0 Å². The quantitative estimate of drug-likeness (QED) is 0.510. The van der Waals surface area contributed by atoms with Gasteiger partial charge in [-0.3, -0.25) is 4.79 Å². The second kappa shape index (κ2) is 2.20. The maximum atomic E-state index is 9.66. The van der Waals surface area contributed by atoms with Crippen LogP contribution in [0.5, 0.6) is 0 Å². The monoisotopic (exact) mass is 110 g/mol. The van der Waals surface area contributed by atoms with E-state index in [1.807, 2.05) is 0 Å². The Kier molecular flexibility index (Phi) is 1.37. The number of carbonyl (C=O) groups excluding carboxylic acids is 1. The molecule has 0 atom stereocenters. The maximum absolute atomic E-state index is 9.66. The van der Waals surface area contributed by atoms with Crippen LogP contribution in [0.15, 0.2) is 12.7 Å². The van der Waals surface area contributed by atoms with Crippen molar-refractivity contribution < 1.29 is 4.79 Å². The normalized spacial score (nSPS) is 9.00. The molecule has 1 heterocycles. The molecular formula is C4H4N3O. The summed E-state index contributed by atoms with van der Waals surface area (Å²) in [5.41, 5.74) is 0. The van der Waals surface area contributed by atoms with E-state index >= 15 is 0 Å². The first kappa shape index (κ1) is 4.96. The molecular weight excluding hydrogens is 106 g/mol. The van der Waals surface area contributed by atoms with Crippen molar-refractivity contribution in [2.24, 2.45) is 0 Å². The number of aromatic nitrogens is 3. The highest BCUT2D eigenvalue weighted by Crippen LogP contribution is 1.73. The van der Waals surface area contributed by atoms with Gasteiger partial charge in [0.25, 0.3) is 0 Å². The minimum Gasteiger partial charge on any atom is -0.289 e. The molecule has 1 rings (SSSR count). The zero-order valence-electron chi connectivity index (χ0n) is 4.11. The van der Waals surface area contributed by atoms with Crippen LogP contribution >= 0.6 is 0 Å². The average molecular weight is 110 g/mol. The Hall–Kier alpha value is -1.19. The van der Waals surface area contributed by atoms with Gasteiger partial charge < -0.3 is 0 Å². The predicted molar refractivity (Wildman–Crippen MR) is 25.7 cm³/mol. The number of hydrogen-bond donors (Lipinski definition) is 0. The van der Waals surface area contributed by atoms with Gasteiger partial charge in [-0.15, -0.1) is 0 Å². The lowest BCUT2D eigenvalue weighted by molar-refractivity contribution is 0.538. The number of rotatable bonds is 2. The Bertz CT molecular complexity index is 158. The Morgan fingerprint density at radius 1 is 1.75 bits per heavy atom. The first-order valence-corrected chi connectivity index (χ1v) is 2.11. The SMILES string of the molecule is O=[C]Cn1cncn1. The molecule has 0 N–H and O–H groups in total. The van der Waals surface area contributed by atoms with Crippen LogP contribution in [-0.2, 0) is 11.3 Å². The van der Waals surface area contributed by atoms with Crippen LogP contribution in [0.2, 0.25) is 0 Å². The largest absolute Gasteiger partial charge is 0.289 e. The van der Waals surface area contributed by atoms with Crippen LogP contribution in [0.4, 0.5) is 0 Å². The van der Waals surface area contributed by atoms with Gasteiger partial charge in [-0.2, -0.15) is 5.10 Å². The van der Waals surface area contributed by atoms with Gasteiger partial charge in [0.1, 0.15) is 19.2 Å². The van der Waals surface area contributed by atoms with Crippen LogP contribution in [-0.4, -0.2) is 21.1 Å². The molecule has 1 aromatic rings. The van der Waals surface area contributed by atoms with Crippen molar-refractivity contribution in [2.75, 3.05) is 0 Å². The summed E-state index contributed by atoms with van der Waals surface area (Å²) in [4.78, 5) is 13.3. The van der Waals surface area contributed by atoms with Gasteiger partial charge in [0.2, 0.25) is 6.29 Å². The van der Waals surface area contributed by atoms with Gasteiger partial charge in [-0.1, -0.05) is 0 Å². The second-order valence-electron chi connectivity index (χ2n) is 1.24. The zero-order valence-corrected chi connectivity index (χ0v) is 4.11. The molecule has 0 saturated heterocycles. The molecule has 41 valence electrons. The summed E-state index contributed by atoms with van der Waals surface area (Å²) in [6, 6.07) is 0. The molecule has 4 heteroatoms. The fraction of sp³-hybridized carbons (Fsp3) is 0.250. The first-order chi connectivity index (χ1) is 3.93. The van der Waals surface area contributed by atoms with E-state index in [2.05, 4.69) is 10.1 Å². The molecule has 4 nitrogen and oxygen atoms in total. The smallest absolute Gasteiger partial charge is 0.221 e. The van der Waals surface area contributed by atoms with Gasteiger partial charge >= 0.3 is 0 Å². The molecule has 0 amide bonds. The average Bonchev–Trinajstić information content (AvgIpc) is 2.19. The van der Waals surface area contributed by atoms with Gasteiger partial charge in [0.15, 0.2) is 0 Å². The van der Waals surface area contributed by atoms with E-state index in [9.17, 15) is 4.79 Å². The van der Waals surface area contributed by atoms with E-state index in [0.29, 0.717) is 0 Å². The third-order valence-corrected chi connectivity index (χ3v) is 0.693. The second-order valence-corrected chi connectivity index (χ2v) is 1.24. The fourth-order valence-electron chi connectivity index (χ4n) is 0.381. The zero-order chi connectivity index (χ0) is 5.82. The predicted octanol–water partition coefficient (Wildman–Crippen LogP) is -0.612. The standard InChI is InChI=1S/C4H4N3O/c8-2-1-7-4-5-3-6-7/h3-4H,1H2. The van der Waals surface area contributed by atoms with Crippen molar-refractivity contribution >= 4 is 6.29 Å². The third-order valence-electron chi connectivity index (χ3n) is 0.693. The Balaban J connectivity index is 2.62. The number of nitrogens with zero attached hydrogens (tertiary/aromatic N) is 3. The molecule has 0 aromatic carbocycles. The lowest BCUT2D eigenvalue weighted by atomic mass is 10.7. The molecule has 0 fully saturated rings. The van der Waals surface area contributed by atoms with Crippen molar-refractivity contribution in [3.05, 3.63) is 12.7 Å². The number of hydrogen-bond acceptors (Lipinski definition) is 3. The maximum Gasteiger partial charge on any atom is 0.221 e. The molecule has 0 unspecified atom stereocenters. The van der Waals surface area contributed by atoms with Crippen LogP contribution in [0.3, 0.4) is 0 Å². The molecule has 1 radical (unpaired) electrons. The highest BCUT2D eigenvalue weighted by molar-refractivity contribution is 5.49. The van der Waals surface area contributed by atoms with Crippen molar-refractivity contribution in [2.45, 2.75) is 6.54 Å². The summed E-state index contributed by atoms with van der Waals surface area (Å²) in [6.45, 7) is 0.167. The van der Waals surface area contributed by atoms with Gasteiger partial charge in [0, 0.05) is 0 Å². The highest BCUT2D eigenvalue weighted by atomic mass is 16.1. The molecule has 0 aliphatic carbocycles. The minimum atomic E-state index is 0.167. The molecule has 0 aliphatic rings. The lowest BCUT2D eigenvalue weighted by Crippen LogP contribution is -1.97. The summed E-state index contributed by atoms with van der Waals surface area (Å²) in [7, 11) is 0. The van der Waals surface area contributed by atoms with E-state index < -0.39 is 0 Å². The van der Waals surface area contributed by atoms with E-state index in [1.165, 1.54) is 17.3 Å². The van der Waals surface area contributed by atoms with Gasteiger partial charge in [-0.25, -0.2) is 9.67 Å². The topological polar surface area (TPSA) is 47.8 Å². The Labute approximate surface area is 46.1 Å². The van der Waals surface area contributed by atoms with E-state index in [0.717, 1.165) is 0 Å². The molecule has 0 aliphatic heterocycles. The molecule has 0 saturated carbocycles. The van der Waals surface area contributed by atoms with E-state index in [4.69, 9.17) is 0 Å². The summed E-state index contributed by atoms with van der Waals surface area (Å²) in [6.07, 6.45) is 4.52. The van der Waals surface area contributed by atoms with Crippen LogP contribution in [0, 0.1) is 0 Å². The third kappa shape index (κ3) is 0.900. The molecule has 0 spiro atoms. The molecule has 1 aromatic heterocycles. The van der Waals surface area contributed by atoms with Crippen molar-refractivity contribution in [1.82, 2.24) is 14.8 Å². The molecule has 0 bridgehead atoms. The first-order valence-electron chi connectivity index (χ1n) is 2.11. The van der Waals surface area contributed by atoms with Gasteiger partial charge in [0.05, 0.1) is 0 Å². The lowest BCUT2D eigenvalue weighted by Gasteiger charge is -1.84. The summed E-state index contributed by atoms with van der Waals surface area (Å²) in [5, 5.41) is 3.65. The molecule has 8 heavy (non-hydrogen) atoms. The van der Waals surface area contributed by atoms with E-state index in [-0.39, 0.29) is 6.54 Å². The summed E-state index contributed by atoms with van der Waals surface area (Å²) in [5.74, 6) is 0. The van der Waals surface area contributed by atoms with Gasteiger partial charge in [-0.05, 0) is 0 Å². The van der Waals surface area contributed by atoms with Crippen molar-refractivity contribution in [1.29, 1.82) is 0 Å². The van der Waals surface area contributed by atoms with Crippen LogP contribution in [0.1, 0.15) is 0 Å². The highest BCUT2D eigenvalue weighted by Gasteiger charge is 1.84. The summed E-state index contributed by atoms with van der Waals surface area (Å²) < 4.78 is 1.40. The van der Waals surface area contributed by atoms with E-state index in [1.54, 1.807) is 6.29 Å². The van der Waals surface area contributed by atoms with Crippen molar-refractivity contribution in [3.8, 4) is 0 Å². The fourth-order valence-corrected chi connectivity index (χ4v) is 0.381. The van der Waals surface area contributed by atoms with Crippen molar-refractivity contribution in [3.63, 3.8) is 0 Å². The Morgan fingerprint density at radius 3 is 3.12 bits per heavy atom. The van der Waals surface area contributed by atoms with Crippen LogP contribution < -0.4 is 0 Å².